The largest absolute Gasteiger partial charge is 0.486 e. The Morgan fingerprint density at radius 2 is 1.64 bits per heavy atom. The van der Waals surface area contributed by atoms with Crippen molar-refractivity contribution < 1.29 is 14.3 Å². The third kappa shape index (κ3) is 3.78. The van der Waals surface area contributed by atoms with Gasteiger partial charge in [-0.3, -0.25) is 4.79 Å². The first-order chi connectivity index (χ1) is 10.8. The molecule has 0 aromatic heterocycles. The predicted molar refractivity (Wildman–Crippen MR) is 84.7 cm³/mol. The molecule has 0 unspecified atom stereocenters. The van der Waals surface area contributed by atoms with Crippen LogP contribution in [0.2, 0.25) is 0 Å². The Morgan fingerprint density at radius 3 is 2.41 bits per heavy atom. The van der Waals surface area contributed by atoms with E-state index < -0.39 is 0 Å². The fourth-order valence-electron chi connectivity index (χ4n) is 2.80. The molecule has 0 atom stereocenters. The first-order valence-electron chi connectivity index (χ1n) is 8.08. The second kappa shape index (κ2) is 7.29. The van der Waals surface area contributed by atoms with Crippen molar-refractivity contribution in [3.63, 3.8) is 0 Å². The molecule has 22 heavy (non-hydrogen) atoms. The lowest BCUT2D eigenvalue weighted by atomic mass is 9.99. The summed E-state index contributed by atoms with van der Waals surface area (Å²) in [5.41, 5.74) is 4.32. The van der Waals surface area contributed by atoms with E-state index in [2.05, 4.69) is 10.5 Å². The molecule has 0 radical (unpaired) electrons. The van der Waals surface area contributed by atoms with Crippen LogP contribution in [0.3, 0.4) is 0 Å². The van der Waals surface area contributed by atoms with Gasteiger partial charge in [0.05, 0.1) is 0 Å². The molecule has 5 nitrogen and oxygen atoms in total. The Labute approximate surface area is 130 Å². The molecule has 1 aliphatic carbocycles. The van der Waals surface area contributed by atoms with E-state index in [1.807, 2.05) is 0 Å². The number of ether oxygens (including phenoxy) is 2. The Bertz CT molecular complexity index is 559. The molecule has 1 N–H and O–H groups in total. The summed E-state index contributed by atoms with van der Waals surface area (Å²) in [5, 5.41) is 4.32. The molecule has 1 aromatic rings. The highest BCUT2D eigenvalue weighted by atomic mass is 16.6. The predicted octanol–water partition coefficient (Wildman–Crippen LogP) is 3.29. The zero-order valence-electron chi connectivity index (χ0n) is 12.8. The smallest absolute Gasteiger partial charge is 0.271 e. The van der Waals surface area contributed by atoms with Gasteiger partial charge in [-0.2, -0.15) is 5.10 Å². The molecule has 1 heterocycles. The maximum atomic E-state index is 12.2. The van der Waals surface area contributed by atoms with Crippen LogP contribution in [0.1, 0.15) is 55.3 Å². The zero-order valence-corrected chi connectivity index (χ0v) is 12.8. The Balaban J connectivity index is 1.63. The number of nitrogens with zero attached hydrogens (tertiary/aromatic N) is 1. The van der Waals surface area contributed by atoms with Crippen LogP contribution in [0.5, 0.6) is 11.5 Å². The van der Waals surface area contributed by atoms with Crippen LogP contribution in [0.4, 0.5) is 0 Å². The van der Waals surface area contributed by atoms with Crippen LogP contribution >= 0.6 is 0 Å². The number of hydrogen-bond donors (Lipinski definition) is 1. The van der Waals surface area contributed by atoms with Crippen molar-refractivity contribution in [1.29, 1.82) is 0 Å². The van der Waals surface area contributed by atoms with Gasteiger partial charge >= 0.3 is 0 Å². The lowest BCUT2D eigenvalue weighted by Crippen LogP contribution is -2.21. The molecule has 1 saturated carbocycles. The van der Waals surface area contributed by atoms with E-state index in [0.717, 1.165) is 18.6 Å². The molecule has 118 valence electrons. The summed E-state index contributed by atoms with van der Waals surface area (Å²) in [5.74, 6) is 1.11. The van der Waals surface area contributed by atoms with E-state index in [0.29, 0.717) is 30.3 Å². The molecule has 0 bridgehead atoms. The highest BCUT2D eigenvalue weighted by Gasteiger charge is 2.15. The number of rotatable bonds is 2. The molecule has 5 heteroatoms. The van der Waals surface area contributed by atoms with E-state index in [4.69, 9.17) is 9.47 Å². The number of hydrazone groups is 1. The monoisotopic (exact) mass is 302 g/mol. The summed E-state index contributed by atoms with van der Waals surface area (Å²) in [6.45, 7) is 1.06. The summed E-state index contributed by atoms with van der Waals surface area (Å²) >= 11 is 0. The molecule has 1 amide bonds. The Hall–Kier alpha value is -2.04. The van der Waals surface area contributed by atoms with E-state index in [1.165, 1.54) is 32.1 Å². The molecular formula is C17H22N2O3. The lowest BCUT2D eigenvalue weighted by Gasteiger charge is -2.18. The topological polar surface area (TPSA) is 59.9 Å². The van der Waals surface area contributed by atoms with Gasteiger partial charge in [0.2, 0.25) is 0 Å². The molecule has 2 aliphatic rings. The van der Waals surface area contributed by atoms with Gasteiger partial charge in [0.25, 0.3) is 5.91 Å². The second-order valence-electron chi connectivity index (χ2n) is 5.75. The third-order valence-electron chi connectivity index (χ3n) is 4.05. The van der Waals surface area contributed by atoms with Crippen LogP contribution in [-0.2, 0) is 0 Å². The van der Waals surface area contributed by atoms with Gasteiger partial charge in [-0.25, -0.2) is 5.43 Å². The van der Waals surface area contributed by atoms with Gasteiger partial charge in [0, 0.05) is 11.3 Å². The summed E-state index contributed by atoms with van der Waals surface area (Å²) in [4.78, 5) is 12.2. The van der Waals surface area contributed by atoms with Crippen molar-refractivity contribution in [3.05, 3.63) is 23.8 Å². The quantitative estimate of drug-likeness (QED) is 0.853. The summed E-state index contributed by atoms with van der Waals surface area (Å²) in [6, 6.07) is 5.22. The molecule has 1 fully saturated rings. The van der Waals surface area contributed by atoms with Gasteiger partial charge in [-0.15, -0.1) is 0 Å². The summed E-state index contributed by atoms with van der Waals surface area (Å²) < 4.78 is 11.0. The van der Waals surface area contributed by atoms with Crippen LogP contribution in [0, 0.1) is 0 Å². The Kier molecular flexibility index (Phi) is 4.93. The van der Waals surface area contributed by atoms with Crippen molar-refractivity contribution in [3.8, 4) is 11.5 Å². The lowest BCUT2D eigenvalue weighted by molar-refractivity contribution is 0.0953. The first-order valence-corrected chi connectivity index (χ1v) is 8.08. The Morgan fingerprint density at radius 1 is 0.955 bits per heavy atom. The average molecular weight is 302 g/mol. The number of hydrogen-bond acceptors (Lipinski definition) is 4. The van der Waals surface area contributed by atoms with Crippen LogP contribution < -0.4 is 14.9 Å². The SMILES string of the molecule is O=C(NN=C1CCCCCCC1)c1ccc2c(c1)OCCO2. The highest BCUT2D eigenvalue weighted by molar-refractivity contribution is 5.96. The zero-order chi connectivity index (χ0) is 15.2. The van der Waals surface area contributed by atoms with Crippen LogP contribution in [-0.4, -0.2) is 24.8 Å². The number of amides is 1. The number of carbonyl (C=O) groups excluding carboxylic acids is 1. The summed E-state index contributed by atoms with van der Waals surface area (Å²) in [7, 11) is 0. The number of carbonyl (C=O) groups is 1. The third-order valence-corrected chi connectivity index (χ3v) is 4.05. The molecule has 1 aromatic carbocycles. The second-order valence-corrected chi connectivity index (χ2v) is 5.75. The van der Waals surface area contributed by atoms with Crippen molar-refractivity contribution in [2.24, 2.45) is 5.10 Å². The van der Waals surface area contributed by atoms with E-state index >= 15 is 0 Å². The maximum Gasteiger partial charge on any atom is 0.271 e. The highest BCUT2D eigenvalue weighted by Crippen LogP contribution is 2.30. The van der Waals surface area contributed by atoms with E-state index in [-0.39, 0.29) is 5.91 Å². The van der Waals surface area contributed by atoms with Gasteiger partial charge in [-0.1, -0.05) is 19.3 Å². The van der Waals surface area contributed by atoms with Gasteiger partial charge in [-0.05, 0) is 43.9 Å². The molecule has 3 rings (SSSR count). The standard InChI is InChI=1S/C17H22N2O3/c20-17(19-18-14-6-4-2-1-3-5-7-14)13-8-9-15-16(12-13)22-11-10-21-15/h8-9,12H,1-7,10-11H2,(H,19,20). The van der Waals surface area contributed by atoms with Crippen LogP contribution in [0.25, 0.3) is 0 Å². The fourth-order valence-corrected chi connectivity index (χ4v) is 2.80. The van der Waals surface area contributed by atoms with Gasteiger partial charge in [0.1, 0.15) is 13.2 Å². The molecule has 0 saturated heterocycles. The maximum absolute atomic E-state index is 12.2. The number of fused-ring (bicyclic) bond motifs is 1. The number of nitrogens with one attached hydrogen (secondary N) is 1. The minimum Gasteiger partial charge on any atom is -0.486 e. The van der Waals surface area contributed by atoms with Crippen molar-refractivity contribution >= 4 is 11.6 Å². The van der Waals surface area contributed by atoms with Crippen molar-refractivity contribution in [2.45, 2.75) is 44.9 Å². The van der Waals surface area contributed by atoms with Crippen molar-refractivity contribution in [2.75, 3.05) is 13.2 Å². The minimum atomic E-state index is -0.202. The molecule has 1 aliphatic heterocycles. The molecule has 0 spiro atoms. The summed E-state index contributed by atoms with van der Waals surface area (Å²) in [6.07, 6.45) is 8.14. The molecular weight excluding hydrogens is 280 g/mol. The van der Waals surface area contributed by atoms with Crippen LogP contribution in [0.15, 0.2) is 23.3 Å². The van der Waals surface area contributed by atoms with Gasteiger partial charge < -0.3 is 9.47 Å². The minimum absolute atomic E-state index is 0.202. The fraction of sp³-hybridized carbons (Fsp3) is 0.529. The number of benzene rings is 1. The van der Waals surface area contributed by atoms with Crippen molar-refractivity contribution in [1.82, 2.24) is 5.43 Å². The van der Waals surface area contributed by atoms with Gasteiger partial charge in [0.15, 0.2) is 11.5 Å². The first kappa shape index (κ1) is 14.9. The average Bonchev–Trinajstić information content (AvgIpc) is 2.53. The van der Waals surface area contributed by atoms with E-state index in [1.54, 1.807) is 18.2 Å². The van der Waals surface area contributed by atoms with E-state index in [9.17, 15) is 4.79 Å². The normalized spacial score (nSPS) is 18.1.